The van der Waals surface area contributed by atoms with Gasteiger partial charge in [-0.1, -0.05) is 104 Å². The molecule has 0 heterocycles. The third-order valence-electron chi connectivity index (χ3n) is 7.34. The lowest BCUT2D eigenvalue weighted by Crippen LogP contribution is -2.15. The number of fused-ring (bicyclic) bond motifs is 3. The van der Waals surface area contributed by atoms with Crippen LogP contribution in [-0.4, -0.2) is 0 Å². The summed E-state index contributed by atoms with van der Waals surface area (Å²) in [5.74, 6) is 0. The van der Waals surface area contributed by atoms with E-state index >= 15 is 0 Å². The molecule has 0 saturated heterocycles. The molecule has 0 radical (unpaired) electrons. The van der Waals surface area contributed by atoms with Crippen molar-refractivity contribution in [1.29, 1.82) is 0 Å². The topological polar surface area (TPSA) is 12.0 Å². The molecule has 0 amide bonds. The highest BCUT2D eigenvalue weighted by atomic mass is 14.9. The molecule has 0 atom stereocenters. The summed E-state index contributed by atoms with van der Waals surface area (Å²) in [6.07, 6.45) is 0. The second-order valence-electron chi connectivity index (χ2n) is 10.1. The van der Waals surface area contributed by atoms with Gasteiger partial charge >= 0.3 is 0 Å². The molecule has 0 spiro atoms. The van der Waals surface area contributed by atoms with Crippen molar-refractivity contribution in [1.82, 2.24) is 0 Å². The highest BCUT2D eigenvalue weighted by molar-refractivity contribution is 5.85. The Morgan fingerprint density at radius 3 is 1.69 bits per heavy atom. The van der Waals surface area contributed by atoms with Crippen molar-refractivity contribution >= 4 is 11.4 Å². The number of benzene rings is 5. The SMILES string of the molecule is Cc1ccc(Nc2ccc3c(c2)C(C)(C)c2cc(-c4ccc(-c5ccccc5)cc4)ccc2-3)cc1. The van der Waals surface area contributed by atoms with Gasteiger partial charge in [0, 0.05) is 16.8 Å². The highest BCUT2D eigenvalue weighted by Crippen LogP contribution is 2.50. The van der Waals surface area contributed by atoms with Crippen LogP contribution in [0.1, 0.15) is 30.5 Å². The lowest BCUT2D eigenvalue weighted by Gasteiger charge is -2.23. The monoisotopic (exact) mass is 451 g/mol. The van der Waals surface area contributed by atoms with Crippen LogP contribution in [0.3, 0.4) is 0 Å². The van der Waals surface area contributed by atoms with Gasteiger partial charge in [0.15, 0.2) is 0 Å². The molecule has 0 aliphatic heterocycles. The minimum absolute atomic E-state index is 0.0599. The van der Waals surface area contributed by atoms with Crippen molar-refractivity contribution in [2.24, 2.45) is 0 Å². The summed E-state index contributed by atoms with van der Waals surface area (Å²) in [5, 5.41) is 3.58. The molecule has 5 aromatic rings. The lowest BCUT2D eigenvalue weighted by atomic mass is 9.81. The number of anilines is 2. The van der Waals surface area contributed by atoms with E-state index in [1.54, 1.807) is 0 Å². The molecule has 0 aromatic heterocycles. The highest BCUT2D eigenvalue weighted by Gasteiger charge is 2.35. The largest absolute Gasteiger partial charge is 0.356 e. The number of nitrogens with one attached hydrogen (secondary N) is 1. The van der Waals surface area contributed by atoms with Crippen molar-refractivity contribution in [3.63, 3.8) is 0 Å². The molecule has 5 aromatic carbocycles. The van der Waals surface area contributed by atoms with Crippen LogP contribution in [-0.2, 0) is 5.41 Å². The van der Waals surface area contributed by atoms with Crippen LogP contribution in [0.2, 0.25) is 0 Å². The Bertz CT molecular complexity index is 1510. The maximum atomic E-state index is 3.58. The molecule has 1 heteroatoms. The zero-order chi connectivity index (χ0) is 24.0. The summed E-state index contributed by atoms with van der Waals surface area (Å²) >= 11 is 0. The molecule has 0 bridgehead atoms. The van der Waals surface area contributed by atoms with Crippen LogP contribution < -0.4 is 5.32 Å². The van der Waals surface area contributed by atoms with E-state index in [1.807, 2.05) is 0 Å². The van der Waals surface area contributed by atoms with Gasteiger partial charge in [-0.3, -0.25) is 0 Å². The van der Waals surface area contributed by atoms with Gasteiger partial charge in [-0.05, 0) is 81.8 Å². The lowest BCUT2D eigenvalue weighted by molar-refractivity contribution is 0.661. The van der Waals surface area contributed by atoms with E-state index in [1.165, 1.54) is 50.1 Å². The third-order valence-corrected chi connectivity index (χ3v) is 7.34. The minimum Gasteiger partial charge on any atom is -0.356 e. The zero-order valence-corrected chi connectivity index (χ0v) is 20.5. The van der Waals surface area contributed by atoms with E-state index in [2.05, 4.69) is 141 Å². The Morgan fingerprint density at radius 2 is 1.00 bits per heavy atom. The fourth-order valence-electron chi connectivity index (χ4n) is 5.28. The summed E-state index contributed by atoms with van der Waals surface area (Å²) in [6, 6.07) is 41.8. The number of aryl methyl sites for hydroxylation is 1. The van der Waals surface area contributed by atoms with Crippen LogP contribution in [0.25, 0.3) is 33.4 Å². The maximum absolute atomic E-state index is 3.58. The molecule has 0 saturated carbocycles. The molecule has 1 N–H and O–H groups in total. The summed E-state index contributed by atoms with van der Waals surface area (Å²) in [4.78, 5) is 0. The molecule has 35 heavy (non-hydrogen) atoms. The van der Waals surface area contributed by atoms with Crippen molar-refractivity contribution in [2.75, 3.05) is 5.32 Å². The Kier molecular flexibility index (Phi) is 5.07. The van der Waals surface area contributed by atoms with Crippen LogP contribution >= 0.6 is 0 Å². The summed E-state index contributed by atoms with van der Waals surface area (Å²) < 4.78 is 0. The Balaban J connectivity index is 1.32. The summed E-state index contributed by atoms with van der Waals surface area (Å²) in [5.41, 5.74) is 13.9. The number of rotatable bonds is 4. The van der Waals surface area contributed by atoms with E-state index in [-0.39, 0.29) is 5.41 Å². The van der Waals surface area contributed by atoms with Gasteiger partial charge < -0.3 is 5.32 Å². The van der Waals surface area contributed by atoms with Gasteiger partial charge in [0.25, 0.3) is 0 Å². The van der Waals surface area contributed by atoms with Crippen molar-refractivity contribution < 1.29 is 0 Å². The fraction of sp³-hybridized carbons (Fsp3) is 0.118. The van der Waals surface area contributed by atoms with Crippen molar-refractivity contribution in [3.8, 4) is 33.4 Å². The predicted molar refractivity (Wildman–Crippen MR) is 149 cm³/mol. The van der Waals surface area contributed by atoms with E-state index < -0.39 is 0 Å². The van der Waals surface area contributed by atoms with Gasteiger partial charge in [0.1, 0.15) is 0 Å². The van der Waals surface area contributed by atoms with Gasteiger partial charge in [-0.25, -0.2) is 0 Å². The second kappa shape index (κ2) is 8.29. The van der Waals surface area contributed by atoms with Crippen molar-refractivity contribution in [2.45, 2.75) is 26.2 Å². The quantitative estimate of drug-likeness (QED) is 0.287. The molecule has 0 unspecified atom stereocenters. The molecular formula is C34H29N. The van der Waals surface area contributed by atoms with Crippen LogP contribution in [0, 0.1) is 6.92 Å². The van der Waals surface area contributed by atoms with E-state index in [4.69, 9.17) is 0 Å². The Hall–Kier alpha value is -4.10. The molecule has 1 aliphatic carbocycles. The standard InChI is InChI=1S/C34H29N/c1-23-9-16-28(17-10-23)35-29-18-20-31-30-19-15-27(21-32(30)34(2,3)33(31)22-29)26-13-11-25(12-14-26)24-7-5-4-6-8-24/h4-22,35H,1-3H3. The van der Waals surface area contributed by atoms with Gasteiger partial charge in [0.2, 0.25) is 0 Å². The number of hydrogen-bond donors (Lipinski definition) is 1. The van der Waals surface area contributed by atoms with Crippen LogP contribution in [0.5, 0.6) is 0 Å². The average molecular weight is 452 g/mol. The third kappa shape index (κ3) is 3.84. The smallest absolute Gasteiger partial charge is 0.0387 e. The minimum atomic E-state index is -0.0599. The molecule has 6 rings (SSSR count). The van der Waals surface area contributed by atoms with E-state index in [0.29, 0.717) is 0 Å². The fourth-order valence-corrected chi connectivity index (χ4v) is 5.28. The normalized spacial score (nSPS) is 13.2. The Morgan fingerprint density at radius 1 is 0.486 bits per heavy atom. The van der Waals surface area contributed by atoms with Crippen LogP contribution in [0.4, 0.5) is 11.4 Å². The zero-order valence-electron chi connectivity index (χ0n) is 20.5. The second-order valence-corrected chi connectivity index (χ2v) is 10.1. The van der Waals surface area contributed by atoms with Crippen LogP contribution in [0.15, 0.2) is 115 Å². The van der Waals surface area contributed by atoms with Crippen molar-refractivity contribution in [3.05, 3.63) is 132 Å². The van der Waals surface area contributed by atoms with Gasteiger partial charge in [-0.2, -0.15) is 0 Å². The first-order valence-electron chi connectivity index (χ1n) is 12.3. The Labute approximate surface area is 208 Å². The predicted octanol–water partition coefficient (Wildman–Crippen LogP) is 9.38. The molecule has 0 fully saturated rings. The summed E-state index contributed by atoms with van der Waals surface area (Å²) in [6.45, 7) is 6.80. The van der Waals surface area contributed by atoms with E-state index in [9.17, 15) is 0 Å². The average Bonchev–Trinajstić information content (AvgIpc) is 3.12. The molecular weight excluding hydrogens is 422 g/mol. The molecule has 1 aliphatic rings. The molecule has 1 nitrogen and oxygen atoms in total. The maximum Gasteiger partial charge on any atom is 0.0387 e. The first kappa shape index (κ1) is 21.4. The van der Waals surface area contributed by atoms with Gasteiger partial charge in [0.05, 0.1) is 0 Å². The first-order valence-corrected chi connectivity index (χ1v) is 12.3. The number of hydrogen-bond acceptors (Lipinski definition) is 1. The van der Waals surface area contributed by atoms with Gasteiger partial charge in [-0.15, -0.1) is 0 Å². The van der Waals surface area contributed by atoms with E-state index in [0.717, 1.165) is 11.4 Å². The molecule has 170 valence electrons. The first-order chi connectivity index (χ1) is 17.0. The summed E-state index contributed by atoms with van der Waals surface area (Å²) in [7, 11) is 0.